The summed E-state index contributed by atoms with van der Waals surface area (Å²) in [4.78, 5) is 24.4. The van der Waals surface area contributed by atoms with Gasteiger partial charge in [-0.1, -0.05) is 12.1 Å². The largest absolute Gasteiger partial charge is 0.452 e. The van der Waals surface area contributed by atoms with Crippen molar-refractivity contribution in [2.45, 2.75) is 30.6 Å². The van der Waals surface area contributed by atoms with E-state index in [4.69, 9.17) is 4.74 Å². The van der Waals surface area contributed by atoms with Gasteiger partial charge < -0.3 is 10.1 Å². The maximum absolute atomic E-state index is 12.3. The van der Waals surface area contributed by atoms with Crippen molar-refractivity contribution in [3.8, 4) is 0 Å². The number of nitrogens with zero attached hydrogens (tertiary/aromatic N) is 1. The molecule has 29 heavy (non-hydrogen) atoms. The number of ether oxygens (including phenoxy) is 1. The van der Waals surface area contributed by atoms with E-state index in [0.29, 0.717) is 11.3 Å². The van der Waals surface area contributed by atoms with Gasteiger partial charge in [0.15, 0.2) is 6.61 Å². The second-order valence-electron chi connectivity index (χ2n) is 7.13. The monoisotopic (exact) mass is 416 g/mol. The van der Waals surface area contributed by atoms with Gasteiger partial charge in [0, 0.05) is 19.8 Å². The first-order chi connectivity index (χ1) is 13.8. The van der Waals surface area contributed by atoms with Crippen molar-refractivity contribution in [3.63, 3.8) is 0 Å². The number of rotatable bonds is 6. The molecule has 2 aromatic carbocycles. The summed E-state index contributed by atoms with van der Waals surface area (Å²) >= 11 is 0. The van der Waals surface area contributed by atoms with Crippen molar-refractivity contribution in [1.29, 1.82) is 0 Å². The van der Waals surface area contributed by atoms with Crippen molar-refractivity contribution < 1.29 is 22.7 Å². The average Bonchev–Trinajstić information content (AvgIpc) is 2.71. The third kappa shape index (κ3) is 5.02. The van der Waals surface area contributed by atoms with Crippen LogP contribution in [0.3, 0.4) is 0 Å². The molecule has 0 radical (unpaired) electrons. The molecule has 0 aromatic heterocycles. The van der Waals surface area contributed by atoms with E-state index in [0.717, 1.165) is 35.6 Å². The molecule has 1 N–H and O–H groups in total. The molecule has 0 heterocycles. The van der Waals surface area contributed by atoms with Gasteiger partial charge in [-0.2, -0.15) is 0 Å². The summed E-state index contributed by atoms with van der Waals surface area (Å²) in [5, 5.41) is 2.55. The fourth-order valence-corrected chi connectivity index (χ4v) is 4.17. The quantitative estimate of drug-likeness (QED) is 0.731. The van der Waals surface area contributed by atoms with Gasteiger partial charge >= 0.3 is 5.97 Å². The molecule has 0 spiro atoms. The Morgan fingerprint density at radius 1 is 1.03 bits per heavy atom. The molecule has 1 amide bonds. The SMILES string of the molecule is CN(C)S(=O)(=O)c1cccc(NC(=O)COC(=O)c2ccc3c(c2)CCCC3)c1. The topological polar surface area (TPSA) is 92.8 Å². The van der Waals surface area contributed by atoms with Gasteiger partial charge in [-0.15, -0.1) is 0 Å². The first kappa shape index (κ1) is 21.0. The number of carbonyl (C=O) groups excluding carboxylic acids is 2. The van der Waals surface area contributed by atoms with Crippen molar-refractivity contribution in [2.24, 2.45) is 0 Å². The maximum atomic E-state index is 12.3. The Morgan fingerprint density at radius 3 is 2.48 bits per heavy atom. The van der Waals surface area contributed by atoms with Crippen LogP contribution in [-0.4, -0.2) is 45.3 Å². The molecular weight excluding hydrogens is 392 g/mol. The minimum atomic E-state index is -3.61. The van der Waals surface area contributed by atoms with Crippen molar-refractivity contribution >= 4 is 27.6 Å². The van der Waals surface area contributed by atoms with Gasteiger partial charge in [-0.25, -0.2) is 17.5 Å². The summed E-state index contributed by atoms with van der Waals surface area (Å²) in [6.45, 7) is -0.458. The molecule has 0 atom stereocenters. The van der Waals surface area contributed by atoms with Crippen LogP contribution in [0.2, 0.25) is 0 Å². The van der Waals surface area contributed by atoms with Crippen LogP contribution in [-0.2, 0) is 32.4 Å². The maximum Gasteiger partial charge on any atom is 0.338 e. The zero-order valence-corrected chi connectivity index (χ0v) is 17.3. The lowest BCUT2D eigenvalue weighted by molar-refractivity contribution is -0.119. The summed E-state index contributed by atoms with van der Waals surface area (Å²) in [6, 6.07) is 11.4. The van der Waals surface area contributed by atoms with E-state index < -0.39 is 28.5 Å². The van der Waals surface area contributed by atoms with Crippen LogP contribution >= 0.6 is 0 Å². The average molecular weight is 416 g/mol. The number of hydrogen-bond acceptors (Lipinski definition) is 5. The third-order valence-electron chi connectivity index (χ3n) is 4.81. The van der Waals surface area contributed by atoms with Gasteiger partial charge in [0.1, 0.15) is 0 Å². The molecule has 1 aliphatic carbocycles. The lowest BCUT2D eigenvalue weighted by atomic mass is 9.90. The number of aryl methyl sites for hydroxylation is 2. The number of benzene rings is 2. The molecule has 1 aliphatic rings. The van der Waals surface area contributed by atoms with Crippen molar-refractivity contribution in [1.82, 2.24) is 4.31 Å². The summed E-state index contributed by atoms with van der Waals surface area (Å²) in [7, 11) is -0.745. The first-order valence-electron chi connectivity index (χ1n) is 9.39. The number of fused-ring (bicyclic) bond motifs is 1. The molecule has 8 heteroatoms. The molecule has 0 unspecified atom stereocenters. The Morgan fingerprint density at radius 2 is 1.76 bits per heavy atom. The van der Waals surface area contributed by atoms with Gasteiger partial charge in [-0.05, 0) is 67.1 Å². The highest BCUT2D eigenvalue weighted by Gasteiger charge is 2.18. The third-order valence-corrected chi connectivity index (χ3v) is 6.63. The predicted octanol–water partition coefficient (Wildman–Crippen LogP) is 2.61. The highest BCUT2D eigenvalue weighted by Crippen LogP contribution is 2.22. The van der Waals surface area contributed by atoms with E-state index in [1.54, 1.807) is 12.1 Å². The van der Waals surface area contributed by atoms with E-state index >= 15 is 0 Å². The highest BCUT2D eigenvalue weighted by atomic mass is 32.2. The molecule has 154 valence electrons. The smallest absolute Gasteiger partial charge is 0.338 e. The Hall–Kier alpha value is -2.71. The minimum Gasteiger partial charge on any atom is -0.452 e. The van der Waals surface area contributed by atoms with Gasteiger partial charge in [0.05, 0.1) is 10.5 Å². The summed E-state index contributed by atoms with van der Waals surface area (Å²) in [6.07, 6.45) is 4.24. The van der Waals surface area contributed by atoms with E-state index in [1.807, 2.05) is 12.1 Å². The summed E-state index contributed by atoms with van der Waals surface area (Å²) < 4.78 is 30.6. The Bertz CT molecular complexity index is 1030. The summed E-state index contributed by atoms with van der Waals surface area (Å²) in [5.41, 5.74) is 3.16. The lowest BCUT2D eigenvalue weighted by Crippen LogP contribution is -2.23. The summed E-state index contributed by atoms with van der Waals surface area (Å²) in [5.74, 6) is -1.10. The number of anilines is 1. The van der Waals surface area contributed by atoms with E-state index in [9.17, 15) is 18.0 Å². The van der Waals surface area contributed by atoms with Crippen molar-refractivity contribution in [3.05, 3.63) is 59.2 Å². The van der Waals surface area contributed by atoms with Crippen LogP contribution in [0.4, 0.5) is 5.69 Å². The number of hydrogen-bond donors (Lipinski definition) is 1. The number of esters is 1. The van der Waals surface area contributed by atoms with Crippen LogP contribution in [0.15, 0.2) is 47.4 Å². The van der Waals surface area contributed by atoms with Gasteiger partial charge in [-0.3, -0.25) is 4.79 Å². The fourth-order valence-electron chi connectivity index (χ4n) is 3.22. The zero-order chi connectivity index (χ0) is 21.0. The van der Waals surface area contributed by atoms with Crippen LogP contribution in [0.1, 0.15) is 34.3 Å². The van der Waals surface area contributed by atoms with Gasteiger partial charge in [0.25, 0.3) is 5.91 Å². The van der Waals surface area contributed by atoms with Crippen LogP contribution < -0.4 is 5.32 Å². The number of carbonyl (C=O) groups is 2. The normalized spacial score (nSPS) is 13.6. The van der Waals surface area contributed by atoms with E-state index in [1.165, 1.54) is 37.9 Å². The highest BCUT2D eigenvalue weighted by molar-refractivity contribution is 7.89. The molecule has 3 rings (SSSR count). The minimum absolute atomic E-state index is 0.0614. The molecule has 0 saturated heterocycles. The van der Waals surface area contributed by atoms with Crippen LogP contribution in [0.5, 0.6) is 0 Å². The second kappa shape index (κ2) is 8.75. The molecular formula is C21H24N2O5S. The van der Waals surface area contributed by atoms with Crippen LogP contribution in [0, 0.1) is 0 Å². The zero-order valence-electron chi connectivity index (χ0n) is 16.5. The number of nitrogens with one attached hydrogen (secondary N) is 1. The number of sulfonamides is 1. The Balaban J connectivity index is 1.60. The van der Waals surface area contributed by atoms with E-state index in [-0.39, 0.29) is 4.90 Å². The Kier molecular flexibility index (Phi) is 6.34. The second-order valence-corrected chi connectivity index (χ2v) is 9.28. The molecule has 7 nitrogen and oxygen atoms in total. The molecule has 2 aromatic rings. The fraction of sp³-hybridized carbons (Fsp3) is 0.333. The van der Waals surface area contributed by atoms with Crippen LogP contribution in [0.25, 0.3) is 0 Å². The predicted molar refractivity (Wildman–Crippen MR) is 109 cm³/mol. The first-order valence-corrected chi connectivity index (χ1v) is 10.8. The molecule has 0 bridgehead atoms. The van der Waals surface area contributed by atoms with Crippen molar-refractivity contribution in [2.75, 3.05) is 26.0 Å². The van der Waals surface area contributed by atoms with Gasteiger partial charge in [0.2, 0.25) is 10.0 Å². The van der Waals surface area contributed by atoms with E-state index in [2.05, 4.69) is 5.32 Å². The lowest BCUT2D eigenvalue weighted by Gasteiger charge is -2.16. The molecule has 0 fully saturated rings. The molecule has 0 aliphatic heterocycles. The molecule has 0 saturated carbocycles. The Labute approximate surface area is 170 Å². The number of amides is 1. The standard InChI is InChI=1S/C21H24N2O5S/c1-23(2)29(26,27)19-9-5-8-18(13-19)22-20(24)14-28-21(25)17-11-10-15-6-3-4-7-16(15)12-17/h5,8-13H,3-4,6-7,14H2,1-2H3,(H,22,24).